The van der Waals surface area contributed by atoms with E-state index >= 15 is 0 Å². The van der Waals surface area contributed by atoms with Gasteiger partial charge in [-0.2, -0.15) is 0 Å². The molecule has 0 aromatic heterocycles. The third kappa shape index (κ3) is 4.34. The van der Waals surface area contributed by atoms with Crippen molar-refractivity contribution in [3.63, 3.8) is 0 Å². The first kappa shape index (κ1) is 15.1. The second kappa shape index (κ2) is 7.98. The third-order valence-corrected chi connectivity index (χ3v) is 4.79. The van der Waals surface area contributed by atoms with Crippen molar-refractivity contribution in [3.05, 3.63) is 66.2 Å². The highest BCUT2D eigenvalue weighted by molar-refractivity contribution is 5.65. The molecule has 1 fully saturated rings. The molecule has 0 bridgehead atoms. The summed E-state index contributed by atoms with van der Waals surface area (Å²) in [6.07, 6.45) is 14.5. The summed E-state index contributed by atoms with van der Waals surface area (Å²) < 4.78 is 0. The molecule has 0 radical (unpaired) electrons. The van der Waals surface area contributed by atoms with Gasteiger partial charge >= 0.3 is 0 Å². The van der Waals surface area contributed by atoms with Crippen molar-refractivity contribution in [2.75, 3.05) is 0 Å². The molecule has 1 aliphatic carbocycles. The van der Waals surface area contributed by atoms with Gasteiger partial charge in [0.2, 0.25) is 0 Å². The van der Waals surface area contributed by atoms with E-state index < -0.39 is 0 Å². The Hall–Kier alpha value is -1.82. The molecule has 0 heterocycles. The van der Waals surface area contributed by atoms with Gasteiger partial charge in [0.25, 0.3) is 0 Å². The van der Waals surface area contributed by atoms with Gasteiger partial charge in [0.1, 0.15) is 0 Å². The molecule has 1 aliphatic rings. The van der Waals surface area contributed by atoms with Gasteiger partial charge in [-0.3, -0.25) is 0 Å². The lowest BCUT2D eigenvalue weighted by Crippen LogP contribution is -2.05. The molecule has 1 saturated carbocycles. The summed E-state index contributed by atoms with van der Waals surface area (Å²) >= 11 is 0. The zero-order chi connectivity index (χ0) is 15.0. The fourth-order valence-electron chi connectivity index (χ4n) is 3.44. The van der Waals surface area contributed by atoms with Crippen LogP contribution >= 0.6 is 0 Å². The van der Waals surface area contributed by atoms with Crippen molar-refractivity contribution < 1.29 is 0 Å². The summed E-state index contributed by atoms with van der Waals surface area (Å²) in [5.74, 6) is 0.985. The first-order valence-corrected chi connectivity index (χ1v) is 8.74. The molecule has 0 nitrogen and oxygen atoms in total. The highest BCUT2D eigenvalue weighted by Crippen LogP contribution is 2.27. The van der Waals surface area contributed by atoms with Crippen molar-refractivity contribution in [2.45, 2.75) is 44.9 Å². The Morgan fingerprint density at radius 3 is 2.18 bits per heavy atom. The van der Waals surface area contributed by atoms with Crippen LogP contribution < -0.4 is 0 Å². The molecule has 2 aromatic carbocycles. The van der Waals surface area contributed by atoms with Crippen LogP contribution in [0.1, 0.15) is 50.5 Å². The first-order chi connectivity index (χ1) is 10.9. The van der Waals surface area contributed by atoms with Crippen molar-refractivity contribution in [3.8, 4) is 11.1 Å². The molecular weight excluding hydrogens is 264 g/mol. The Labute approximate surface area is 134 Å². The van der Waals surface area contributed by atoms with E-state index in [1.807, 2.05) is 0 Å². The van der Waals surface area contributed by atoms with Crippen LogP contribution in [0.25, 0.3) is 17.2 Å². The van der Waals surface area contributed by atoms with Crippen LogP contribution in [0, 0.1) is 5.92 Å². The number of hydrogen-bond acceptors (Lipinski definition) is 0. The van der Waals surface area contributed by atoms with E-state index in [4.69, 9.17) is 0 Å². The van der Waals surface area contributed by atoms with E-state index in [9.17, 15) is 0 Å². The highest BCUT2D eigenvalue weighted by Gasteiger charge is 2.11. The minimum absolute atomic E-state index is 0.985. The smallest absolute Gasteiger partial charge is 0.0184 e. The average molecular weight is 290 g/mol. The largest absolute Gasteiger partial charge is 0.0839 e. The predicted molar refractivity (Wildman–Crippen MR) is 96.7 cm³/mol. The minimum atomic E-state index is 0.985. The molecule has 0 atom stereocenters. The summed E-state index contributed by atoms with van der Waals surface area (Å²) in [4.78, 5) is 0. The Morgan fingerprint density at radius 1 is 0.773 bits per heavy atom. The first-order valence-electron chi connectivity index (χ1n) is 8.74. The summed E-state index contributed by atoms with van der Waals surface area (Å²) in [5, 5.41) is 0. The molecular formula is C22H26. The molecule has 3 rings (SSSR count). The topological polar surface area (TPSA) is 0 Å². The van der Waals surface area contributed by atoms with Gasteiger partial charge in [-0.25, -0.2) is 0 Å². The molecule has 0 amide bonds. The van der Waals surface area contributed by atoms with Gasteiger partial charge in [0.15, 0.2) is 0 Å². The van der Waals surface area contributed by atoms with Crippen LogP contribution in [0.2, 0.25) is 0 Å². The predicted octanol–water partition coefficient (Wildman–Crippen LogP) is 6.73. The lowest BCUT2D eigenvalue weighted by molar-refractivity contribution is 0.341. The van der Waals surface area contributed by atoms with E-state index in [1.54, 1.807) is 0 Å². The molecule has 0 saturated heterocycles. The molecule has 0 heteroatoms. The van der Waals surface area contributed by atoms with E-state index in [-0.39, 0.29) is 0 Å². The standard InChI is InChI=1S/C22H26/c1-3-9-19(10-4-1)11-7-8-12-20-15-17-22(18-16-20)21-13-5-2-6-14-21/h2,5-6,8,12-19H,1,3-4,7,9-11H2. The van der Waals surface area contributed by atoms with E-state index in [0.29, 0.717) is 0 Å². The number of benzene rings is 2. The number of hydrogen-bond donors (Lipinski definition) is 0. The second-order valence-corrected chi connectivity index (χ2v) is 6.47. The van der Waals surface area contributed by atoms with Gasteiger partial charge in [-0.15, -0.1) is 0 Å². The van der Waals surface area contributed by atoms with Crippen LogP contribution in [0.4, 0.5) is 0 Å². The quantitative estimate of drug-likeness (QED) is 0.573. The van der Waals surface area contributed by atoms with Crippen molar-refractivity contribution in [2.24, 2.45) is 5.92 Å². The zero-order valence-corrected chi connectivity index (χ0v) is 13.4. The molecule has 114 valence electrons. The highest BCUT2D eigenvalue weighted by atomic mass is 14.2. The molecule has 22 heavy (non-hydrogen) atoms. The van der Waals surface area contributed by atoms with Crippen molar-refractivity contribution >= 4 is 6.08 Å². The van der Waals surface area contributed by atoms with Crippen molar-refractivity contribution in [1.29, 1.82) is 0 Å². The fraction of sp³-hybridized carbons (Fsp3) is 0.364. The third-order valence-electron chi connectivity index (χ3n) is 4.79. The zero-order valence-electron chi connectivity index (χ0n) is 13.4. The summed E-state index contributed by atoms with van der Waals surface area (Å²) in [6.45, 7) is 0. The maximum Gasteiger partial charge on any atom is -0.0184 e. The summed E-state index contributed by atoms with van der Waals surface area (Å²) in [5.41, 5.74) is 3.89. The van der Waals surface area contributed by atoms with Crippen LogP contribution in [-0.4, -0.2) is 0 Å². The SMILES string of the molecule is C(=Cc1ccc(-c2ccccc2)cc1)CCC1CCCCC1. The van der Waals surface area contributed by atoms with Gasteiger partial charge in [-0.05, 0) is 35.4 Å². The Morgan fingerprint density at radius 2 is 1.45 bits per heavy atom. The van der Waals surface area contributed by atoms with Crippen molar-refractivity contribution in [1.82, 2.24) is 0 Å². The maximum absolute atomic E-state index is 2.35. The monoisotopic (exact) mass is 290 g/mol. The lowest BCUT2D eigenvalue weighted by atomic mass is 9.86. The van der Waals surface area contributed by atoms with Crippen LogP contribution in [0.3, 0.4) is 0 Å². The Kier molecular flexibility index (Phi) is 5.48. The van der Waals surface area contributed by atoms with Gasteiger partial charge in [0.05, 0.1) is 0 Å². The summed E-state index contributed by atoms with van der Waals surface area (Å²) in [6, 6.07) is 19.4. The van der Waals surface area contributed by atoms with E-state index in [2.05, 4.69) is 66.7 Å². The van der Waals surface area contributed by atoms with E-state index in [0.717, 1.165) is 5.92 Å². The minimum Gasteiger partial charge on any atom is -0.0839 e. The van der Waals surface area contributed by atoms with E-state index in [1.165, 1.54) is 61.6 Å². The molecule has 2 aromatic rings. The Bertz CT molecular complexity index is 571. The fourth-order valence-corrected chi connectivity index (χ4v) is 3.44. The summed E-state index contributed by atoms with van der Waals surface area (Å²) in [7, 11) is 0. The van der Waals surface area contributed by atoms with Crippen LogP contribution in [0.5, 0.6) is 0 Å². The second-order valence-electron chi connectivity index (χ2n) is 6.47. The average Bonchev–Trinajstić information content (AvgIpc) is 2.61. The lowest BCUT2D eigenvalue weighted by Gasteiger charge is -2.20. The normalized spacial score (nSPS) is 16.2. The molecule has 0 spiro atoms. The maximum atomic E-state index is 2.35. The number of allylic oxidation sites excluding steroid dienone is 1. The van der Waals surface area contributed by atoms with Crippen LogP contribution in [0.15, 0.2) is 60.7 Å². The van der Waals surface area contributed by atoms with Gasteiger partial charge in [0, 0.05) is 0 Å². The van der Waals surface area contributed by atoms with Crippen LogP contribution in [-0.2, 0) is 0 Å². The van der Waals surface area contributed by atoms with Gasteiger partial charge in [-0.1, -0.05) is 98.9 Å². The molecule has 0 aliphatic heterocycles. The molecule has 0 N–H and O–H groups in total. The Balaban J connectivity index is 1.51. The van der Waals surface area contributed by atoms with Gasteiger partial charge < -0.3 is 0 Å². The molecule has 0 unspecified atom stereocenters. The number of rotatable bonds is 5.